The number of furan rings is 1. The highest BCUT2D eigenvalue weighted by atomic mass is 16.3. The summed E-state index contributed by atoms with van der Waals surface area (Å²) in [7, 11) is 0. The summed E-state index contributed by atoms with van der Waals surface area (Å²) in [6, 6.07) is 62.8. The minimum absolute atomic E-state index is 0.0724. The molecule has 304 valence electrons. The topological polar surface area (TPSA) is 16.4 Å². The maximum atomic E-state index is 6.58. The molecule has 62 heavy (non-hydrogen) atoms. The van der Waals surface area contributed by atoms with Gasteiger partial charge >= 0.3 is 0 Å². The molecule has 0 saturated heterocycles. The van der Waals surface area contributed by atoms with E-state index in [0.717, 1.165) is 47.4 Å². The van der Waals surface area contributed by atoms with Crippen molar-refractivity contribution in [2.45, 2.75) is 81.0 Å². The van der Waals surface area contributed by atoms with Crippen LogP contribution in [-0.4, -0.2) is 0 Å². The molecule has 4 atom stereocenters. The lowest BCUT2D eigenvalue weighted by molar-refractivity contribution is -0.00561. The summed E-state index contributed by atoms with van der Waals surface area (Å²) in [5.41, 5.74) is 18.3. The fraction of sp³-hybridized carbons (Fsp3) is 0.300. The standard InChI is InChI=1S/C60H53NO/c1-3-13-41(14-4-1)56(50-20-7-9-22-52(50)59-35-38-29-39(36-59)31-40(30-38)37-59)51-21-11-15-42-32-44-25-26-45-33-43-16-12-23-53(58(43)60(44,45)57(42)51)61(46-17-5-2-6-18-46)47-27-28-49-48-19-8-10-24-54(48)62-55(49)34-47/h1-24,27-28,34,38-40,44-45,56H,25-26,29-33,35-37H2. The van der Waals surface area contributed by atoms with E-state index in [1.807, 2.05) is 0 Å². The van der Waals surface area contributed by atoms with E-state index in [1.54, 1.807) is 33.4 Å². The number of hydrogen-bond donors (Lipinski definition) is 0. The van der Waals surface area contributed by atoms with E-state index in [0.29, 0.717) is 17.3 Å². The van der Waals surface area contributed by atoms with Crippen LogP contribution in [-0.2, 0) is 23.7 Å². The summed E-state index contributed by atoms with van der Waals surface area (Å²) in [6.07, 6.45) is 13.4. The molecule has 7 aliphatic carbocycles. The van der Waals surface area contributed by atoms with Gasteiger partial charge < -0.3 is 9.32 Å². The fourth-order valence-corrected chi connectivity index (χ4v) is 15.8. The minimum atomic E-state index is -0.0724. The molecule has 0 amide bonds. The molecule has 7 aromatic carbocycles. The van der Waals surface area contributed by atoms with Gasteiger partial charge in [0.05, 0.1) is 5.69 Å². The second-order valence-electron chi connectivity index (χ2n) is 20.5. The lowest BCUT2D eigenvalue weighted by Gasteiger charge is -2.57. The van der Waals surface area contributed by atoms with Crippen molar-refractivity contribution in [3.8, 4) is 0 Å². The number of para-hydroxylation sites is 2. The first-order chi connectivity index (χ1) is 30.6. The minimum Gasteiger partial charge on any atom is -0.456 e. The summed E-state index contributed by atoms with van der Waals surface area (Å²) < 4.78 is 6.58. The van der Waals surface area contributed by atoms with Crippen LogP contribution in [0.1, 0.15) is 102 Å². The van der Waals surface area contributed by atoms with Crippen molar-refractivity contribution in [2.24, 2.45) is 29.6 Å². The van der Waals surface area contributed by atoms with Crippen LogP contribution in [0.2, 0.25) is 0 Å². The molecule has 4 unspecified atom stereocenters. The Balaban J connectivity index is 0.997. The Labute approximate surface area is 365 Å². The highest BCUT2D eigenvalue weighted by Crippen LogP contribution is 2.69. The van der Waals surface area contributed by atoms with E-state index in [-0.39, 0.29) is 11.3 Å². The van der Waals surface area contributed by atoms with Crippen molar-refractivity contribution < 1.29 is 4.42 Å². The molecule has 5 fully saturated rings. The SMILES string of the molecule is c1ccc(C(c2ccccc2C23CC4CC(CC(C4)C2)C3)c2cccc3c2C24c5c(cccc5N(c5ccccc5)c5ccc6c(c5)oc5ccccc56)CC2CCC4C3)cc1. The van der Waals surface area contributed by atoms with Crippen LogP contribution < -0.4 is 4.90 Å². The fourth-order valence-electron chi connectivity index (χ4n) is 15.8. The molecule has 2 nitrogen and oxygen atoms in total. The van der Waals surface area contributed by atoms with E-state index < -0.39 is 0 Å². The maximum absolute atomic E-state index is 6.58. The van der Waals surface area contributed by atoms with Crippen molar-refractivity contribution in [1.82, 2.24) is 0 Å². The molecule has 0 aliphatic heterocycles. The van der Waals surface area contributed by atoms with Crippen molar-refractivity contribution in [1.29, 1.82) is 0 Å². The lowest BCUT2D eigenvalue weighted by Crippen LogP contribution is -2.49. The molecule has 0 radical (unpaired) electrons. The van der Waals surface area contributed by atoms with Crippen LogP contribution in [0.4, 0.5) is 17.1 Å². The number of fused-ring (bicyclic) bond motifs is 5. The van der Waals surface area contributed by atoms with Gasteiger partial charge in [0.25, 0.3) is 0 Å². The molecule has 5 saturated carbocycles. The van der Waals surface area contributed by atoms with Crippen molar-refractivity contribution in [2.75, 3.05) is 4.90 Å². The predicted octanol–water partition coefficient (Wildman–Crippen LogP) is 15.1. The van der Waals surface area contributed by atoms with Gasteiger partial charge in [-0.15, -0.1) is 0 Å². The molecule has 4 bridgehead atoms. The van der Waals surface area contributed by atoms with Crippen molar-refractivity contribution >= 4 is 39.0 Å². The molecule has 15 rings (SSSR count). The lowest BCUT2D eigenvalue weighted by atomic mass is 9.47. The summed E-state index contributed by atoms with van der Waals surface area (Å²) in [4.78, 5) is 2.57. The first-order valence-corrected chi connectivity index (χ1v) is 23.8. The Bertz CT molecular complexity index is 3010. The van der Waals surface area contributed by atoms with Gasteiger partial charge in [-0.2, -0.15) is 0 Å². The number of nitrogens with zero attached hydrogens (tertiary/aromatic N) is 1. The van der Waals surface area contributed by atoms with Gasteiger partial charge in [0.1, 0.15) is 11.2 Å². The third-order valence-electron chi connectivity index (χ3n) is 17.4. The number of benzene rings is 7. The summed E-state index contributed by atoms with van der Waals surface area (Å²) in [5, 5.41) is 2.34. The molecule has 2 heteroatoms. The Kier molecular flexibility index (Phi) is 7.67. The van der Waals surface area contributed by atoms with Crippen LogP contribution in [0, 0.1) is 29.6 Å². The molecule has 1 spiro atoms. The summed E-state index contributed by atoms with van der Waals surface area (Å²) >= 11 is 0. The highest BCUT2D eigenvalue weighted by Gasteiger charge is 2.62. The Hall–Kier alpha value is -5.86. The molecule has 1 aromatic heterocycles. The molecule has 7 aliphatic rings. The van der Waals surface area contributed by atoms with E-state index in [9.17, 15) is 0 Å². The predicted molar refractivity (Wildman–Crippen MR) is 253 cm³/mol. The molecule has 1 heterocycles. The van der Waals surface area contributed by atoms with Gasteiger partial charge in [-0.25, -0.2) is 0 Å². The first kappa shape index (κ1) is 35.7. The van der Waals surface area contributed by atoms with E-state index in [2.05, 4.69) is 169 Å². The first-order valence-electron chi connectivity index (χ1n) is 23.8. The van der Waals surface area contributed by atoms with Gasteiger partial charge in [-0.3, -0.25) is 0 Å². The van der Waals surface area contributed by atoms with Gasteiger partial charge in [0, 0.05) is 39.5 Å². The van der Waals surface area contributed by atoms with Crippen LogP contribution in [0.3, 0.4) is 0 Å². The molecule has 8 aromatic rings. The molecular formula is C60H53NO. The van der Waals surface area contributed by atoms with Crippen LogP contribution in [0.25, 0.3) is 21.9 Å². The second-order valence-corrected chi connectivity index (χ2v) is 20.5. The third kappa shape index (κ3) is 4.98. The third-order valence-corrected chi connectivity index (χ3v) is 17.4. The average Bonchev–Trinajstić information content (AvgIpc) is 4.04. The maximum Gasteiger partial charge on any atom is 0.137 e. The number of rotatable bonds is 7. The van der Waals surface area contributed by atoms with Crippen molar-refractivity contribution in [3.63, 3.8) is 0 Å². The second kappa shape index (κ2) is 13.3. The van der Waals surface area contributed by atoms with Crippen LogP contribution in [0.5, 0.6) is 0 Å². The number of anilines is 3. The largest absolute Gasteiger partial charge is 0.456 e. The highest BCUT2D eigenvalue weighted by molar-refractivity contribution is 6.06. The van der Waals surface area contributed by atoms with E-state index in [1.165, 1.54) is 84.6 Å². The Morgan fingerprint density at radius 2 is 1.11 bits per heavy atom. The van der Waals surface area contributed by atoms with Gasteiger partial charge in [-0.05, 0) is 180 Å². The summed E-state index contributed by atoms with van der Waals surface area (Å²) in [6.45, 7) is 0. The Morgan fingerprint density at radius 3 is 1.87 bits per heavy atom. The smallest absolute Gasteiger partial charge is 0.137 e. The zero-order chi connectivity index (χ0) is 40.6. The van der Waals surface area contributed by atoms with Crippen LogP contribution in [0.15, 0.2) is 168 Å². The monoisotopic (exact) mass is 803 g/mol. The van der Waals surface area contributed by atoms with Gasteiger partial charge in [-0.1, -0.05) is 121 Å². The van der Waals surface area contributed by atoms with E-state index >= 15 is 0 Å². The summed E-state index contributed by atoms with van der Waals surface area (Å²) in [5.74, 6) is 4.00. The molecular weight excluding hydrogens is 751 g/mol. The normalized spacial score (nSPS) is 27.9. The average molecular weight is 804 g/mol. The quantitative estimate of drug-likeness (QED) is 0.149. The molecule has 0 N–H and O–H groups in total. The zero-order valence-corrected chi connectivity index (χ0v) is 35.5. The zero-order valence-electron chi connectivity index (χ0n) is 35.5. The van der Waals surface area contributed by atoms with Crippen LogP contribution >= 0.6 is 0 Å². The number of hydrogen-bond acceptors (Lipinski definition) is 2. The van der Waals surface area contributed by atoms with Gasteiger partial charge in [0.2, 0.25) is 0 Å². The van der Waals surface area contributed by atoms with Gasteiger partial charge in [0.15, 0.2) is 0 Å². The van der Waals surface area contributed by atoms with E-state index in [4.69, 9.17) is 4.42 Å². The Morgan fingerprint density at radius 1 is 0.500 bits per heavy atom. The van der Waals surface area contributed by atoms with Crippen molar-refractivity contribution in [3.05, 3.63) is 208 Å².